The summed E-state index contributed by atoms with van der Waals surface area (Å²) < 4.78 is 34.4. The molecule has 3 aromatic carbocycles. The highest BCUT2D eigenvalue weighted by Crippen LogP contribution is 2.38. The van der Waals surface area contributed by atoms with Gasteiger partial charge in [-0.3, -0.25) is 9.52 Å². The van der Waals surface area contributed by atoms with Crippen LogP contribution in [-0.2, 0) is 10.0 Å². The van der Waals surface area contributed by atoms with E-state index in [4.69, 9.17) is 11.6 Å². The van der Waals surface area contributed by atoms with Crippen molar-refractivity contribution in [1.82, 2.24) is 0 Å². The average Bonchev–Trinajstić information content (AvgIpc) is 3.18. The number of carbonyl (C=O) groups excluding carboxylic acids is 1. The highest BCUT2D eigenvalue weighted by atomic mass is 35.5. The van der Waals surface area contributed by atoms with E-state index in [1.807, 2.05) is 0 Å². The second-order valence-corrected chi connectivity index (χ2v) is 8.80. The smallest absolute Gasteiger partial charge is 0.264 e. The van der Waals surface area contributed by atoms with Crippen LogP contribution in [0.1, 0.15) is 10.4 Å². The number of benzene rings is 3. The Morgan fingerprint density at radius 3 is 2.48 bits per heavy atom. The van der Waals surface area contributed by atoms with E-state index in [-0.39, 0.29) is 16.1 Å². The molecule has 1 aliphatic heterocycles. The van der Waals surface area contributed by atoms with Crippen molar-refractivity contribution >= 4 is 62.4 Å². The quantitative estimate of drug-likeness (QED) is 0.420. The minimum Gasteiger partial charge on any atom is -0.322 e. The second kappa shape index (κ2) is 7.86. The lowest BCUT2D eigenvalue weighted by atomic mass is 10.1. The van der Waals surface area contributed by atoms with Crippen LogP contribution in [-0.4, -0.2) is 14.3 Å². The summed E-state index contributed by atoms with van der Waals surface area (Å²) in [5, 5.41) is 3.28. The van der Waals surface area contributed by atoms with Gasteiger partial charge in [-0.1, -0.05) is 29.8 Å². The Hall–Kier alpha value is -2.88. The average molecular weight is 447 g/mol. The van der Waals surface area contributed by atoms with E-state index in [0.717, 1.165) is 0 Å². The molecule has 0 spiro atoms. The Bertz CT molecular complexity index is 1180. The molecule has 0 aromatic heterocycles. The molecule has 0 unspecified atom stereocenters. The van der Waals surface area contributed by atoms with Crippen molar-refractivity contribution in [2.75, 3.05) is 19.5 Å². The third-order valence-corrected chi connectivity index (χ3v) is 6.44. The van der Waals surface area contributed by atoms with Crippen molar-refractivity contribution in [3.8, 4) is 0 Å². The van der Waals surface area contributed by atoms with Crippen molar-refractivity contribution < 1.29 is 13.2 Å². The second-order valence-electron chi connectivity index (χ2n) is 6.10. The molecule has 0 saturated heterocycles. The van der Waals surface area contributed by atoms with Crippen molar-refractivity contribution in [2.45, 2.75) is 4.90 Å². The van der Waals surface area contributed by atoms with Crippen LogP contribution in [0.3, 0.4) is 0 Å². The topological polar surface area (TPSA) is 99.3 Å². The predicted molar refractivity (Wildman–Crippen MR) is 118 cm³/mol. The van der Waals surface area contributed by atoms with Crippen LogP contribution in [0.5, 0.6) is 0 Å². The van der Waals surface area contributed by atoms with Crippen LogP contribution in [0, 0.1) is 0 Å². The van der Waals surface area contributed by atoms with E-state index in [1.165, 1.54) is 24.3 Å². The fraction of sp³-hybridized carbons (Fsp3) is 0. The number of para-hydroxylation sites is 2. The van der Waals surface area contributed by atoms with Crippen LogP contribution in [0.25, 0.3) is 0 Å². The van der Waals surface area contributed by atoms with Gasteiger partial charge < -0.3 is 14.8 Å². The van der Waals surface area contributed by atoms with E-state index in [0.29, 0.717) is 22.1 Å². The summed E-state index contributed by atoms with van der Waals surface area (Å²) in [5.41, 5.74) is 2.05. The molecule has 148 valence electrons. The molecule has 10 heteroatoms. The number of amides is 1. The molecular formula is C19H15ClN4O3S2. The number of rotatable bonds is 5. The number of halogens is 1. The fourth-order valence-electron chi connectivity index (χ4n) is 2.78. The molecule has 0 saturated carbocycles. The van der Waals surface area contributed by atoms with E-state index < -0.39 is 15.9 Å². The molecule has 1 amide bonds. The van der Waals surface area contributed by atoms with Gasteiger partial charge in [0.1, 0.15) is 4.90 Å². The first kappa shape index (κ1) is 19.4. The fourth-order valence-corrected chi connectivity index (χ4v) is 4.89. The van der Waals surface area contributed by atoms with Gasteiger partial charge >= 0.3 is 0 Å². The highest BCUT2D eigenvalue weighted by Gasteiger charge is 2.25. The number of carbonyl (C=O) groups is 1. The summed E-state index contributed by atoms with van der Waals surface area (Å²) in [4.78, 5) is 12.8. The molecule has 1 heterocycles. The maximum absolute atomic E-state index is 13.0. The Labute approximate surface area is 177 Å². The minimum absolute atomic E-state index is 0.0837. The lowest BCUT2D eigenvalue weighted by molar-refractivity contribution is 0.102. The van der Waals surface area contributed by atoms with Gasteiger partial charge in [-0.2, -0.15) is 0 Å². The number of hydrogen-bond acceptors (Lipinski definition) is 6. The van der Waals surface area contributed by atoms with E-state index in [9.17, 15) is 13.2 Å². The largest absolute Gasteiger partial charge is 0.322 e. The molecule has 7 nitrogen and oxygen atoms in total. The molecule has 0 fully saturated rings. The van der Waals surface area contributed by atoms with Crippen molar-refractivity contribution in [2.24, 2.45) is 0 Å². The summed E-state index contributed by atoms with van der Waals surface area (Å²) in [6.45, 7) is 0. The standard InChI is InChI=1S/C19H15ClN4O3S2/c20-12-8-10-13(11-9-12)21-19(25)14-4-1-2-5-15(14)24-29(26,27)17-7-3-6-16-18(17)23-28-22-16/h1-11,22-24H,(H,21,25). The van der Waals surface area contributed by atoms with Gasteiger partial charge in [0, 0.05) is 10.7 Å². The van der Waals surface area contributed by atoms with Crippen LogP contribution < -0.4 is 19.5 Å². The first-order valence-corrected chi connectivity index (χ1v) is 11.1. The maximum atomic E-state index is 13.0. The third-order valence-electron chi connectivity index (χ3n) is 4.15. The Balaban J connectivity index is 1.62. The van der Waals surface area contributed by atoms with Gasteiger partial charge in [-0.15, -0.1) is 0 Å². The molecule has 4 N–H and O–H groups in total. The van der Waals surface area contributed by atoms with Crippen LogP contribution in [0.15, 0.2) is 71.6 Å². The number of fused-ring (bicyclic) bond motifs is 1. The van der Waals surface area contributed by atoms with Crippen LogP contribution in [0.4, 0.5) is 22.7 Å². The molecule has 4 rings (SSSR count). The first-order valence-electron chi connectivity index (χ1n) is 8.44. The molecule has 1 aliphatic rings. The van der Waals surface area contributed by atoms with E-state index >= 15 is 0 Å². The Kier molecular flexibility index (Phi) is 5.27. The highest BCUT2D eigenvalue weighted by molar-refractivity contribution is 8.02. The zero-order valence-corrected chi connectivity index (χ0v) is 17.2. The molecule has 0 radical (unpaired) electrons. The normalized spacial score (nSPS) is 12.4. The van der Waals surface area contributed by atoms with Crippen molar-refractivity contribution in [1.29, 1.82) is 0 Å². The summed E-state index contributed by atoms with van der Waals surface area (Å²) in [5.74, 6) is -0.445. The molecule has 3 aromatic rings. The van der Waals surface area contributed by atoms with E-state index in [2.05, 4.69) is 19.5 Å². The number of anilines is 4. The lowest BCUT2D eigenvalue weighted by Gasteiger charge is -2.14. The summed E-state index contributed by atoms with van der Waals surface area (Å²) in [6.07, 6.45) is 0. The van der Waals surface area contributed by atoms with Gasteiger partial charge in [0.25, 0.3) is 15.9 Å². The van der Waals surface area contributed by atoms with Crippen LogP contribution >= 0.6 is 23.7 Å². The van der Waals surface area contributed by atoms with Gasteiger partial charge in [-0.25, -0.2) is 8.42 Å². The number of hydrogen-bond donors (Lipinski definition) is 4. The predicted octanol–water partition coefficient (Wildman–Crippen LogP) is 4.79. The van der Waals surface area contributed by atoms with Crippen molar-refractivity contribution in [3.05, 3.63) is 77.3 Å². The van der Waals surface area contributed by atoms with Crippen molar-refractivity contribution in [3.63, 3.8) is 0 Å². The monoisotopic (exact) mass is 446 g/mol. The zero-order chi connectivity index (χ0) is 20.4. The molecule has 0 aliphatic carbocycles. The Morgan fingerprint density at radius 2 is 1.69 bits per heavy atom. The maximum Gasteiger partial charge on any atom is 0.264 e. The molecule has 0 bridgehead atoms. The Morgan fingerprint density at radius 1 is 0.931 bits per heavy atom. The summed E-state index contributed by atoms with van der Waals surface area (Å²) >= 11 is 7.05. The molecular weight excluding hydrogens is 432 g/mol. The lowest BCUT2D eigenvalue weighted by Crippen LogP contribution is -2.19. The van der Waals surface area contributed by atoms with Gasteiger partial charge in [0.2, 0.25) is 0 Å². The minimum atomic E-state index is -3.94. The van der Waals surface area contributed by atoms with Gasteiger partial charge in [0.15, 0.2) is 0 Å². The first-order chi connectivity index (χ1) is 13.9. The van der Waals surface area contributed by atoms with Gasteiger partial charge in [0.05, 0.1) is 34.8 Å². The summed E-state index contributed by atoms with van der Waals surface area (Å²) in [7, 11) is -3.94. The van der Waals surface area contributed by atoms with Crippen LogP contribution in [0.2, 0.25) is 5.02 Å². The summed E-state index contributed by atoms with van der Waals surface area (Å²) in [6, 6.07) is 18.0. The number of sulfonamides is 1. The molecule has 0 atom stereocenters. The zero-order valence-electron chi connectivity index (χ0n) is 14.8. The third kappa shape index (κ3) is 4.12. The van der Waals surface area contributed by atoms with Gasteiger partial charge in [-0.05, 0) is 48.5 Å². The molecule has 29 heavy (non-hydrogen) atoms. The SMILES string of the molecule is O=C(Nc1ccc(Cl)cc1)c1ccccc1NS(=O)(=O)c1cccc2c1NSN2. The van der Waals surface area contributed by atoms with E-state index in [1.54, 1.807) is 54.6 Å². The number of nitrogens with one attached hydrogen (secondary N) is 4.